The molecule has 1 aliphatic carbocycles. The number of hydrogen-bond donors (Lipinski definition) is 2. The monoisotopic (exact) mass is 390 g/mol. The van der Waals surface area contributed by atoms with Gasteiger partial charge < -0.3 is 10.3 Å². The molecule has 0 fully saturated rings. The minimum atomic E-state index is -0.0143. The number of anilines is 1. The van der Waals surface area contributed by atoms with E-state index in [4.69, 9.17) is 0 Å². The van der Waals surface area contributed by atoms with Crippen LogP contribution in [0.4, 0.5) is 5.69 Å². The summed E-state index contributed by atoms with van der Waals surface area (Å²) in [7, 11) is 0. The van der Waals surface area contributed by atoms with Crippen molar-refractivity contribution in [2.75, 3.05) is 5.32 Å². The van der Waals surface area contributed by atoms with E-state index in [9.17, 15) is 4.79 Å². The molecule has 0 atom stereocenters. The number of carbonyl (C=O) groups excluding carboxylic acids is 1. The second-order valence-corrected chi connectivity index (χ2v) is 6.88. The number of aryl methyl sites for hydroxylation is 2. The second-order valence-electron chi connectivity index (χ2n) is 5.64. The Kier molecular flexibility index (Phi) is 3.14. The Bertz CT molecular complexity index is 750. The fourth-order valence-electron chi connectivity index (χ4n) is 3.17. The van der Waals surface area contributed by atoms with Gasteiger partial charge in [0.1, 0.15) is 0 Å². The van der Waals surface area contributed by atoms with Crippen molar-refractivity contribution < 1.29 is 4.79 Å². The van der Waals surface area contributed by atoms with E-state index in [0.29, 0.717) is 0 Å². The van der Waals surface area contributed by atoms with Crippen LogP contribution in [0.15, 0.2) is 24.3 Å². The van der Waals surface area contributed by atoms with Crippen LogP contribution in [0, 0.1) is 3.57 Å². The van der Waals surface area contributed by atoms with Crippen molar-refractivity contribution in [3.05, 3.63) is 50.4 Å². The maximum Gasteiger partial charge on any atom is 0.256 e. The van der Waals surface area contributed by atoms with Crippen LogP contribution < -0.4 is 5.32 Å². The lowest BCUT2D eigenvalue weighted by Gasteiger charge is -2.08. The molecule has 2 heterocycles. The van der Waals surface area contributed by atoms with Gasteiger partial charge in [0.15, 0.2) is 0 Å². The summed E-state index contributed by atoms with van der Waals surface area (Å²) in [6.45, 7) is 0. The van der Waals surface area contributed by atoms with Gasteiger partial charge in [-0.2, -0.15) is 0 Å². The van der Waals surface area contributed by atoms with Gasteiger partial charge in [0.2, 0.25) is 0 Å². The standard InChI is InChI=1S/C17H15IN2O/c18-11-5-6-16-13(8-11)14(17(21)20-16)9-12-7-10-3-1-2-4-15(10)19-12/h5-9,19H,1-4H2,(H,20,21)/b14-9-. The third-order valence-corrected chi connectivity index (χ3v) is 4.87. The van der Waals surface area contributed by atoms with Crippen molar-refractivity contribution in [1.82, 2.24) is 4.98 Å². The Hall–Kier alpha value is -1.56. The van der Waals surface area contributed by atoms with Gasteiger partial charge in [0, 0.05) is 26.2 Å². The SMILES string of the molecule is O=C1Nc2ccc(I)cc2/C1=C/c1cc2c([nH]1)CCCC2. The lowest BCUT2D eigenvalue weighted by Crippen LogP contribution is -2.03. The fourth-order valence-corrected chi connectivity index (χ4v) is 3.66. The van der Waals surface area contributed by atoms with Crippen molar-refractivity contribution in [2.45, 2.75) is 25.7 Å². The molecule has 4 rings (SSSR count). The van der Waals surface area contributed by atoms with Crippen LogP contribution in [-0.4, -0.2) is 10.9 Å². The Balaban J connectivity index is 1.78. The number of fused-ring (bicyclic) bond motifs is 2. The number of nitrogens with one attached hydrogen (secondary N) is 2. The van der Waals surface area contributed by atoms with E-state index in [2.05, 4.69) is 45.0 Å². The minimum absolute atomic E-state index is 0.0143. The van der Waals surface area contributed by atoms with Gasteiger partial charge in [0.05, 0.1) is 5.57 Å². The Labute approximate surface area is 137 Å². The molecular formula is C17H15IN2O. The topological polar surface area (TPSA) is 44.9 Å². The van der Waals surface area contributed by atoms with Crippen molar-refractivity contribution in [1.29, 1.82) is 0 Å². The predicted molar refractivity (Wildman–Crippen MR) is 93.1 cm³/mol. The first-order valence-electron chi connectivity index (χ1n) is 7.24. The first-order valence-corrected chi connectivity index (χ1v) is 8.32. The molecule has 0 spiro atoms. The highest BCUT2D eigenvalue weighted by Crippen LogP contribution is 2.34. The number of carbonyl (C=O) groups is 1. The van der Waals surface area contributed by atoms with Crippen LogP contribution in [0.5, 0.6) is 0 Å². The highest BCUT2D eigenvalue weighted by molar-refractivity contribution is 14.1. The number of aromatic amines is 1. The van der Waals surface area contributed by atoms with Crippen LogP contribution in [0.2, 0.25) is 0 Å². The molecule has 2 aliphatic rings. The molecule has 0 bridgehead atoms. The van der Waals surface area contributed by atoms with E-state index in [1.54, 1.807) is 0 Å². The zero-order valence-corrected chi connectivity index (χ0v) is 13.7. The number of amides is 1. The minimum Gasteiger partial charge on any atom is -0.359 e. The first kappa shape index (κ1) is 13.1. The molecule has 2 aromatic rings. The Morgan fingerprint density at radius 3 is 2.86 bits per heavy atom. The van der Waals surface area contributed by atoms with Gasteiger partial charge in [-0.3, -0.25) is 4.79 Å². The van der Waals surface area contributed by atoms with Gasteiger partial charge in [0.25, 0.3) is 5.91 Å². The molecule has 0 saturated heterocycles. The van der Waals surface area contributed by atoms with Crippen LogP contribution in [0.1, 0.15) is 35.4 Å². The van der Waals surface area contributed by atoms with Gasteiger partial charge in [-0.05, 0) is 84.2 Å². The second kappa shape index (κ2) is 5.02. The summed E-state index contributed by atoms with van der Waals surface area (Å²) in [6.07, 6.45) is 6.78. The van der Waals surface area contributed by atoms with Crippen LogP contribution in [0.25, 0.3) is 11.6 Å². The van der Waals surface area contributed by atoms with E-state index in [-0.39, 0.29) is 5.91 Å². The average Bonchev–Trinajstić information content (AvgIpc) is 3.01. The predicted octanol–water partition coefficient (Wildman–Crippen LogP) is 3.99. The number of aromatic nitrogens is 1. The summed E-state index contributed by atoms with van der Waals surface area (Å²) in [5.41, 5.74) is 6.45. The Morgan fingerprint density at radius 2 is 2.00 bits per heavy atom. The Morgan fingerprint density at radius 1 is 1.14 bits per heavy atom. The van der Waals surface area contributed by atoms with Crippen molar-refractivity contribution in [2.24, 2.45) is 0 Å². The van der Waals surface area contributed by atoms with Gasteiger partial charge >= 0.3 is 0 Å². The molecule has 0 radical (unpaired) electrons. The number of halogens is 1. The van der Waals surface area contributed by atoms with Crippen LogP contribution in [-0.2, 0) is 17.6 Å². The zero-order valence-electron chi connectivity index (χ0n) is 11.5. The highest BCUT2D eigenvalue weighted by atomic mass is 127. The molecule has 0 saturated carbocycles. The van der Waals surface area contributed by atoms with Gasteiger partial charge in [-0.1, -0.05) is 0 Å². The van der Waals surface area contributed by atoms with E-state index in [0.717, 1.165) is 38.9 Å². The molecule has 1 aromatic carbocycles. The molecule has 2 N–H and O–H groups in total. The number of benzene rings is 1. The molecule has 4 heteroatoms. The maximum atomic E-state index is 12.2. The van der Waals surface area contributed by atoms with Crippen molar-refractivity contribution in [3.8, 4) is 0 Å². The first-order chi connectivity index (χ1) is 10.2. The lowest BCUT2D eigenvalue weighted by molar-refractivity contribution is -0.110. The van der Waals surface area contributed by atoms with E-state index in [1.165, 1.54) is 24.1 Å². The van der Waals surface area contributed by atoms with Gasteiger partial charge in [-0.15, -0.1) is 0 Å². The van der Waals surface area contributed by atoms with Crippen molar-refractivity contribution in [3.63, 3.8) is 0 Å². The average molecular weight is 390 g/mol. The summed E-state index contributed by atoms with van der Waals surface area (Å²) < 4.78 is 1.14. The third-order valence-electron chi connectivity index (χ3n) is 4.20. The quantitative estimate of drug-likeness (QED) is 0.562. The fraction of sp³-hybridized carbons (Fsp3) is 0.235. The number of rotatable bonds is 1. The summed E-state index contributed by atoms with van der Waals surface area (Å²) in [5.74, 6) is -0.0143. The van der Waals surface area contributed by atoms with Gasteiger partial charge in [-0.25, -0.2) is 0 Å². The van der Waals surface area contributed by atoms with E-state index < -0.39 is 0 Å². The highest BCUT2D eigenvalue weighted by Gasteiger charge is 2.24. The normalized spacial score (nSPS) is 18.5. The maximum absolute atomic E-state index is 12.2. The number of H-pyrrole nitrogens is 1. The molecule has 1 aromatic heterocycles. The van der Waals surface area contributed by atoms with Crippen molar-refractivity contribution >= 4 is 45.8 Å². The molecule has 21 heavy (non-hydrogen) atoms. The molecular weight excluding hydrogens is 375 g/mol. The number of hydrogen-bond acceptors (Lipinski definition) is 1. The van der Waals surface area contributed by atoms with Crippen LogP contribution in [0.3, 0.4) is 0 Å². The molecule has 3 nitrogen and oxygen atoms in total. The molecule has 106 valence electrons. The zero-order chi connectivity index (χ0) is 14.4. The molecule has 1 aliphatic heterocycles. The summed E-state index contributed by atoms with van der Waals surface area (Å²) >= 11 is 2.28. The van der Waals surface area contributed by atoms with E-state index >= 15 is 0 Å². The molecule has 1 amide bonds. The van der Waals surface area contributed by atoms with E-state index in [1.807, 2.05) is 18.2 Å². The smallest absolute Gasteiger partial charge is 0.256 e. The van der Waals surface area contributed by atoms with Crippen LogP contribution >= 0.6 is 22.6 Å². The largest absolute Gasteiger partial charge is 0.359 e. The third kappa shape index (κ3) is 2.31. The lowest BCUT2D eigenvalue weighted by atomic mass is 9.98. The summed E-state index contributed by atoms with van der Waals surface area (Å²) in [4.78, 5) is 15.7. The summed E-state index contributed by atoms with van der Waals surface area (Å²) in [5, 5.41) is 2.93. The summed E-state index contributed by atoms with van der Waals surface area (Å²) in [6, 6.07) is 8.23. The molecule has 0 unspecified atom stereocenters.